The summed E-state index contributed by atoms with van der Waals surface area (Å²) in [6, 6.07) is 0. The quantitative estimate of drug-likeness (QED) is 0.583. The molecular formula is C27H44O4. The Kier molecular flexibility index (Phi) is 5.80. The Balaban J connectivity index is 1.65. The summed E-state index contributed by atoms with van der Waals surface area (Å²) in [5.41, 5.74) is -2.39. The van der Waals surface area contributed by atoms with Gasteiger partial charge < -0.3 is 15.3 Å². The fourth-order valence-corrected chi connectivity index (χ4v) is 8.33. The van der Waals surface area contributed by atoms with Gasteiger partial charge in [0.25, 0.3) is 0 Å². The molecule has 0 bridgehead atoms. The van der Waals surface area contributed by atoms with Crippen molar-refractivity contribution in [1.82, 2.24) is 0 Å². The average Bonchev–Trinajstić information content (AvgIpc) is 2.96. The second-order valence-corrected chi connectivity index (χ2v) is 12.5. The molecule has 176 valence electrons. The Morgan fingerprint density at radius 1 is 0.968 bits per heavy atom. The molecule has 4 aliphatic rings. The number of carbonyl (C=O) groups is 1. The van der Waals surface area contributed by atoms with E-state index in [1.54, 1.807) is 6.08 Å². The number of ketones is 1. The smallest absolute Gasteiger partial charge is 0.187 e. The van der Waals surface area contributed by atoms with Crippen molar-refractivity contribution >= 4 is 5.78 Å². The van der Waals surface area contributed by atoms with E-state index in [2.05, 4.69) is 27.7 Å². The zero-order chi connectivity index (χ0) is 22.8. The minimum atomic E-state index is -1.51. The Morgan fingerprint density at radius 2 is 1.65 bits per heavy atom. The standard InChI is InChI=1S/C27H44O4/c1-17(2)7-6-8-18(3)20-11-14-26(30)22-15-23(29)27(31)16-19(28)9-12-25(27,5)21(22)10-13-24(20,26)4/h15,17-21,28,30-31H,6-14,16H2,1-5H3/t18-,19-,20-,21+,24-,25-,26-,27-/m1/s1. The van der Waals surface area contributed by atoms with Crippen molar-refractivity contribution in [3.8, 4) is 0 Å². The lowest BCUT2D eigenvalue weighted by molar-refractivity contribution is -0.188. The molecule has 0 aliphatic heterocycles. The van der Waals surface area contributed by atoms with Gasteiger partial charge in [0.1, 0.15) is 5.60 Å². The zero-order valence-corrected chi connectivity index (χ0v) is 20.3. The lowest BCUT2D eigenvalue weighted by Crippen LogP contribution is -2.66. The van der Waals surface area contributed by atoms with E-state index < -0.39 is 22.7 Å². The first-order valence-electron chi connectivity index (χ1n) is 12.8. The van der Waals surface area contributed by atoms with Crippen molar-refractivity contribution < 1.29 is 20.1 Å². The topological polar surface area (TPSA) is 77.8 Å². The second-order valence-electron chi connectivity index (χ2n) is 12.5. The van der Waals surface area contributed by atoms with Crippen molar-refractivity contribution in [1.29, 1.82) is 0 Å². The molecule has 3 saturated carbocycles. The molecule has 4 rings (SSSR count). The monoisotopic (exact) mass is 432 g/mol. The van der Waals surface area contributed by atoms with E-state index in [0.717, 1.165) is 37.2 Å². The number of hydrogen-bond acceptors (Lipinski definition) is 4. The molecule has 0 spiro atoms. The van der Waals surface area contributed by atoms with Gasteiger partial charge in [-0.3, -0.25) is 4.79 Å². The highest BCUT2D eigenvalue weighted by atomic mass is 16.3. The van der Waals surface area contributed by atoms with Crippen LogP contribution < -0.4 is 0 Å². The van der Waals surface area contributed by atoms with Crippen LogP contribution in [0.1, 0.15) is 98.8 Å². The van der Waals surface area contributed by atoms with E-state index in [4.69, 9.17) is 0 Å². The molecule has 0 amide bonds. The maximum Gasteiger partial charge on any atom is 0.187 e. The third kappa shape index (κ3) is 3.22. The van der Waals surface area contributed by atoms with Crippen molar-refractivity contribution in [2.24, 2.45) is 34.5 Å². The van der Waals surface area contributed by atoms with Crippen LogP contribution in [0, 0.1) is 34.5 Å². The van der Waals surface area contributed by atoms with Gasteiger partial charge in [-0.2, -0.15) is 0 Å². The summed E-state index contributed by atoms with van der Waals surface area (Å²) in [4.78, 5) is 13.3. The van der Waals surface area contributed by atoms with E-state index in [1.807, 2.05) is 6.92 Å². The molecule has 0 aromatic heterocycles. The second kappa shape index (κ2) is 7.67. The number of carbonyl (C=O) groups excluding carboxylic acids is 1. The van der Waals surface area contributed by atoms with E-state index in [-0.39, 0.29) is 23.5 Å². The molecule has 31 heavy (non-hydrogen) atoms. The van der Waals surface area contributed by atoms with Crippen molar-refractivity contribution in [3.63, 3.8) is 0 Å². The molecule has 4 aliphatic carbocycles. The van der Waals surface area contributed by atoms with E-state index >= 15 is 0 Å². The van der Waals surface area contributed by atoms with Gasteiger partial charge in [0.05, 0.1) is 11.7 Å². The fourth-order valence-electron chi connectivity index (χ4n) is 8.33. The Morgan fingerprint density at radius 3 is 2.32 bits per heavy atom. The van der Waals surface area contributed by atoms with Gasteiger partial charge in [0.2, 0.25) is 0 Å². The summed E-state index contributed by atoms with van der Waals surface area (Å²) >= 11 is 0. The molecule has 8 atom stereocenters. The Bertz CT molecular complexity index is 758. The maximum absolute atomic E-state index is 13.3. The summed E-state index contributed by atoms with van der Waals surface area (Å²) in [7, 11) is 0. The first-order chi connectivity index (χ1) is 14.4. The number of hydrogen-bond donors (Lipinski definition) is 3. The zero-order valence-electron chi connectivity index (χ0n) is 20.3. The number of fused-ring (bicyclic) bond motifs is 5. The molecule has 0 unspecified atom stereocenters. The average molecular weight is 433 g/mol. The molecule has 0 heterocycles. The van der Waals surface area contributed by atoms with Gasteiger partial charge in [-0.05, 0) is 73.8 Å². The minimum absolute atomic E-state index is 0.00997. The number of rotatable bonds is 5. The predicted molar refractivity (Wildman–Crippen MR) is 122 cm³/mol. The van der Waals surface area contributed by atoms with Crippen molar-refractivity contribution in [2.45, 2.75) is 116 Å². The van der Waals surface area contributed by atoms with Crippen molar-refractivity contribution in [3.05, 3.63) is 11.6 Å². The lowest BCUT2D eigenvalue weighted by Gasteiger charge is -2.62. The minimum Gasteiger partial charge on any atom is -0.393 e. The third-order valence-electron chi connectivity index (χ3n) is 10.4. The first-order valence-corrected chi connectivity index (χ1v) is 12.8. The summed E-state index contributed by atoms with van der Waals surface area (Å²) in [6.07, 6.45) is 9.59. The van der Waals surface area contributed by atoms with Crippen LogP contribution in [-0.4, -0.2) is 38.4 Å². The summed E-state index contributed by atoms with van der Waals surface area (Å²) in [6.45, 7) is 11.2. The van der Waals surface area contributed by atoms with Crippen LogP contribution in [0.4, 0.5) is 0 Å². The Hall–Kier alpha value is -0.710. The van der Waals surface area contributed by atoms with Gasteiger partial charge in [0.15, 0.2) is 5.78 Å². The Labute approximate surface area is 188 Å². The largest absolute Gasteiger partial charge is 0.393 e. The molecular weight excluding hydrogens is 388 g/mol. The highest BCUT2D eigenvalue weighted by Crippen LogP contribution is 2.68. The van der Waals surface area contributed by atoms with Gasteiger partial charge in [0, 0.05) is 17.3 Å². The van der Waals surface area contributed by atoms with Crippen molar-refractivity contribution in [2.75, 3.05) is 0 Å². The number of aliphatic hydroxyl groups excluding tert-OH is 1. The molecule has 4 heteroatoms. The van der Waals surface area contributed by atoms with Crippen LogP contribution in [0.3, 0.4) is 0 Å². The van der Waals surface area contributed by atoms with E-state index in [0.29, 0.717) is 24.7 Å². The van der Waals surface area contributed by atoms with Crippen LogP contribution in [0.2, 0.25) is 0 Å². The summed E-state index contributed by atoms with van der Waals surface area (Å²) < 4.78 is 0. The van der Waals surface area contributed by atoms with Crippen LogP contribution in [0.5, 0.6) is 0 Å². The van der Waals surface area contributed by atoms with Crippen LogP contribution in [-0.2, 0) is 4.79 Å². The molecule has 0 aromatic carbocycles. The highest BCUT2D eigenvalue weighted by Gasteiger charge is 2.69. The highest BCUT2D eigenvalue weighted by molar-refractivity contribution is 6.00. The van der Waals surface area contributed by atoms with E-state index in [1.165, 1.54) is 19.3 Å². The number of aliphatic hydroxyl groups is 3. The summed E-state index contributed by atoms with van der Waals surface area (Å²) in [5.74, 6) is 1.46. The maximum atomic E-state index is 13.3. The normalized spacial score (nSPS) is 48.1. The van der Waals surface area contributed by atoms with Crippen LogP contribution >= 0.6 is 0 Å². The molecule has 3 N–H and O–H groups in total. The van der Waals surface area contributed by atoms with Gasteiger partial charge in [-0.25, -0.2) is 0 Å². The predicted octanol–water partition coefficient (Wildman–Crippen LogP) is 4.80. The SMILES string of the molecule is CC(C)CCC[C@@H](C)[C@H]1CC[C@@]2(O)C3=CC(=O)[C@]4(O)C[C@H](O)CC[C@]4(C)[C@H]3CC[C@]12C. The molecule has 0 radical (unpaired) electrons. The summed E-state index contributed by atoms with van der Waals surface area (Å²) in [5, 5.41) is 33.9. The van der Waals surface area contributed by atoms with Gasteiger partial charge >= 0.3 is 0 Å². The third-order valence-corrected chi connectivity index (χ3v) is 10.4. The molecule has 0 saturated heterocycles. The van der Waals surface area contributed by atoms with Crippen LogP contribution in [0.15, 0.2) is 11.6 Å². The lowest BCUT2D eigenvalue weighted by atomic mass is 9.44. The fraction of sp³-hybridized carbons (Fsp3) is 0.889. The molecule has 4 nitrogen and oxygen atoms in total. The van der Waals surface area contributed by atoms with Gasteiger partial charge in [-0.1, -0.05) is 53.9 Å². The molecule has 3 fully saturated rings. The first kappa shape index (κ1) is 23.4. The van der Waals surface area contributed by atoms with E-state index in [9.17, 15) is 20.1 Å². The van der Waals surface area contributed by atoms with Crippen LogP contribution in [0.25, 0.3) is 0 Å². The van der Waals surface area contributed by atoms with Gasteiger partial charge in [-0.15, -0.1) is 0 Å². The molecule has 0 aromatic rings.